The lowest BCUT2D eigenvalue weighted by atomic mass is 10.2. The SMILES string of the molecule is C=C/N=C(\C=C(C)C)C(=O)NC(C)C(=C)S/C(=C\C)C(C)=O. The maximum absolute atomic E-state index is 12.2. The van der Waals surface area contributed by atoms with E-state index in [0.717, 1.165) is 5.57 Å². The normalized spacial score (nSPS) is 13.1. The summed E-state index contributed by atoms with van der Waals surface area (Å²) >= 11 is 1.27. The van der Waals surface area contributed by atoms with Gasteiger partial charge in [-0.2, -0.15) is 0 Å². The monoisotopic (exact) mass is 320 g/mol. The molecule has 0 fully saturated rings. The van der Waals surface area contributed by atoms with Crippen molar-refractivity contribution >= 4 is 29.2 Å². The highest BCUT2D eigenvalue weighted by Crippen LogP contribution is 2.26. The molecule has 5 heteroatoms. The van der Waals surface area contributed by atoms with Crippen molar-refractivity contribution in [1.82, 2.24) is 5.32 Å². The van der Waals surface area contributed by atoms with Crippen LogP contribution in [0.15, 0.2) is 51.9 Å². The lowest BCUT2D eigenvalue weighted by molar-refractivity contribution is -0.115. The first-order valence-electron chi connectivity index (χ1n) is 6.91. The van der Waals surface area contributed by atoms with Crippen molar-refractivity contribution in [1.29, 1.82) is 0 Å². The number of carbonyl (C=O) groups is 2. The molecule has 0 spiro atoms. The summed E-state index contributed by atoms with van der Waals surface area (Å²) in [5.74, 6) is -0.328. The summed E-state index contributed by atoms with van der Waals surface area (Å²) in [7, 11) is 0. The van der Waals surface area contributed by atoms with Gasteiger partial charge in [0.1, 0.15) is 5.71 Å². The second-order valence-electron chi connectivity index (χ2n) is 4.89. The third-order valence-electron chi connectivity index (χ3n) is 2.57. The van der Waals surface area contributed by atoms with Crippen molar-refractivity contribution < 1.29 is 9.59 Å². The van der Waals surface area contributed by atoms with Gasteiger partial charge in [0.25, 0.3) is 5.91 Å². The number of rotatable bonds is 8. The Balaban J connectivity index is 4.93. The van der Waals surface area contributed by atoms with Crippen molar-refractivity contribution in [3.8, 4) is 0 Å². The maximum atomic E-state index is 12.2. The molecule has 0 saturated carbocycles. The van der Waals surface area contributed by atoms with Crippen LogP contribution in [0.3, 0.4) is 0 Å². The van der Waals surface area contributed by atoms with Gasteiger partial charge < -0.3 is 5.32 Å². The summed E-state index contributed by atoms with van der Waals surface area (Å²) < 4.78 is 0. The van der Waals surface area contributed by atoms with Crippen LogP contribution in [0.1, 0.15) is 34.6 Å². The van der Waals surface area contributed by atoms with E-state index >= 15 is 0 Å². The number of thioether (sulfide) groups is 1. The van der Waals surface area contributed by atoms with Crippen LogP contribution in [-0.2, 0) is 9.59 Å². The van der Waals surface area contributed by atoms with Crippen molar-refractivity contribution in [2.24, 2.45) is 4.99 Å². The molecular weight excluding hydrogens is 296 g/mol. The number of Topliss-reactive ketones (excluding diaryl/α,β-unsaturated/α-hetero) is 1. The molecule has 0 rings (SSSR count). The molecule has 1 N–H and O–H groups in total. The van der Waals surface area contributed by atoms with Crippen LogP contribution in [0.4, 0.5) is 0 Å². The molecule has 1 unspecified atom stereocenters. The molecule has 0 aromatic rings. The second kappa shape index (κ2) is 9.95. The van der Waals surface area contributed by atoms with E-state index < -0.39 is 0 Å². The number of ketones is 1. The molecular formula is C17H24N2O2S. The van der Waals surface area contributed by atoms with Crippen molar-refractivity contribution in [2.75, 3.05) is 0 Å². The average molecular weight is 320 g/mol. The van der Waals surface area contributed by atoms with Gasteiger partial charge >= 0.3 is 0 Å². The zero-order valence-electron chi connectivity index (χ0n) is 13.9. The molecule has 0 bridgehead atoms. The lowest BCUT2D eigenvalue weighted by Gasteiger charge is -2.16. The fraction of sp³-hybridized carbons (Fsp3) is 0.353. The van der Waals surface area contributed by atoms with E-state index in [-0.39, 0.29) is 23.4 Å². The number of nitrogens with zero attached hydrogens (tertiary/aromatic N) is 1. The van der Waals surface area contributed by atoms with Gasteiger partial charge in [-0.1, -0.05) is 36.6 Å². The van der Waals surface area contributed by atoms with Gasteiger partial charge in [-0.3, -0.25) is 14.6 Å². The van der Waals surface area contributed by atoms with E-state index in [4.69, 9.17) is 0 Å². The predicted octanol–water partition coefficient (Wildman–Crippen LogP) is 3.78. The summed E-state index contributed by atoms with van der Waals surface area (Å²) in [6.45, 7) is 16.3. The van der Waals surface area contributed by atoms with Gasteiger partial charge in [-0.25, -0.2) is 0 Å². The van der Waals surface area contributed by atoms with E-state index in [1.165, 1.54) is 24.9 Å². The Labute approximate surface area is 137 Å². The van der Waals surface area contributed by atoms with Gasteiger partial charge in [0.15, 0.2) is 5.78 Å². The third kappa shape index (κ3) is 7.22. The predicted molar refractivity (Wildman–Crippen MR) is 95.8 cm³/mol. The van der Waals surface area contributed by atoms with Crippen molar-refractivity contribution in [2.45, 2.75) is 40.7 Å². The number of carbonyl (C=O) groups excluding carboxylic acids is 2. The zero-order valence-corrected chi connectivity index (χ0v) is 14.7. The second-order valence-corrected chi connectivity index (χ2v) is 6.06. The number of allylic oxidation sites excluding steroid dienone is 3. The van der Waals surface area contributed by atoms with E-state index in [2.05, 4.69) is 23.5 Å². The molecule has 22 heavy (non-hydrogen) atoms. The number of amides is 1. The topological polar surface area (TPSA) is 58.5 Å². The van der Waals surface area contributed by atoms with Crippen molar-refractivity contribution in [3.05, 3.63) is 46.9 Å². The van der Waals surface area contributed by atoms with Crippen molar-refractivity contribution in [3.63, 3.8) is 0 Å². The van der Waals surface area contributed by atoms with Crippen LogP contribution in [0, 0.1) is 0 Å². The first-order chi connectivity index (χ1) is 10.2. The van der Waals surface area contributed by atoms with E-state index in [9.17, 15) is 9.59 Å². The van der Waals surface area contributed by atoms with Crippen LogP contribution in [0.2, 0.25) is 0 Å². The maximum Gasteiger partial charge on any atom is 0.270 e. The van der Waals surface area contributed by atoms with Crippen LogP contribution >= 0.6 is 11.8 Å². The largest absolute Gasteiger partial charge is 0.344 e. The molecule has 0 saturated heterocycles. The molecule has 0 aromatic carbocycles. The minimum atomic E-state index is -0.305. The highest BCUT2D eigenvalue weighted by Gasteiger charge is 2.16. The number of hydrogen-bond donors (Lipinski definition) is 1. The van der Waals surface area contributed by atoms with Gasteiger partial charge in [0.05, 0.1) is 10.9 Å². The fourth-order valence-electron chi connectivity index (χ4n) is 1.45. The minimum Gasteiger partial charge on any atom is -0.344 e. The molecule has 4 nitrogen and oxygen atoms in total. The van der Waals surface area contributed by atoms with E-state index in [0.29, 0.717) is 9.81 Å². The Hall–Kier alpha value is -1.88. The standard InChI is InChI=1S/C17H24N2O2S/c1-8-16(13(6)20)22-14(7)12(5)19-17(21)15(18-9-2)10-11(3)4/h8-10,12H,2,7H2,1,3-6H3,(H,19,21)/b16-8-,18-15+. The summed E-state index contributed by atoms with van der Waals surface area (Å²) in [6.07, 6.45) is 4.75. The van der Waals surface area contributed by atoms with E-state index in [1.807, 2.05) is 20.8 Å². The summed E-state index contributed by atoms with van der Waals surface area (Å²) in [5, 5.41) is 2.82. The number of hydrogen-bond acceptors (Lipinski definition) is 4. The molecule has 120 valence electrons. The smallest absolute Gasteiger partial charge is 0.270 e. The molecule has 0 aliphatic carbocycles. The van der Waals surface area contributed by atoms with Gasteiger partial charge in [-0.15, -0.1) is 0 Å². The molecule has 1 atom stereocenters. The number of nitrogens with one attached hydrogen (secondary N) is 1. The quantitative estimate of drug-likeness (QED) is 0.547. The average Bonchev–Trinajstić information content (AvgIpc) is 2.42. The molecule has 1 amide bonds. The summed E-state index contributed by atoms with van der Waals surface area (Å²) in [6, 6.07) is -0.299. The third-order valence-corrected chi connectivity index (χ3v) is 3.93. The number of aliphatic imine (C=N–C) groups is 1. The van der Waals surface area contributed by atoms with Crippen LogP contribution in [0.5, 0.6) is 0 Å². The Bertz CT molecular complexity index is 553. The van der Waals surface area contributed by atoms with Gasteiger partial charge in [-0.05, 0) is 40.7 Å². The Kier molecular flexibility index (Phi) is 9.10. The Morgan fingerprint density at radius 2 is 1.86 bits per heavy atom. The molecule has 0 radical (unpaired) electrons. The lowest BCUT2D eigenvalue weighted by Crippen LogP contribution is -2.37. The van der Waals surface area contributed by atoms with Gasteiger partial charge in [0.2, 0.25) is 0 Å². The highest BCUT2D eigenvalue weighted by molar-refractivity contribution is 8.07. The van der Waals surface area contributed by atoms with Crippen LogP contribution < -0.4 is 5.32 Å². The molecule has 0 heterocycles. The van der Waals surface area contributed by atoms with E-state index in [1.54, 1.807) is 19.1 Å². The summed E-state index contributed by atoms with van der Waals surface area (Å²) in [5.41, 5.74) is 1.25. The highest BCUT2D eigenvalue weighted by atomic mass is 32.2. The van der Waals surface area contributed by atoms with Gasteiger partial charge in [0, 0.05) is 11.1 Å². The minimum absolute atomic E-state index is 0.0226. The fourth-order valence-corrected chi connectivity index (χ4v) is 2.23. The van der Waals surface area contributed by atoms with Crippen LogP contribution in [-0.4, -0.2) is 23.4 Å². The Morgan fingerprint density at radius 1 is 1.27 bits per heavy atom. The first kappa shape index (κ1) is 20.1. The first-order valence-corrected chi connectivity index (χ1v) is 7.72. The summed E-state index contributed by atoms with van der Waals surface area (Å²) in [4.78, 5) is 28.9. The zero-order chi connectivity index (χ0) is 17.3. The molecule has 0 aromatic heterocycles. The Morgan fingerprint density at radius 3 is 2.27 bits per heavy atom. The molecule has 0 aliphatic rings. The van der Waals surface area contributed by atoms with Crippen LogP contribution in [0.25, 0.3) is 0 Å². The molecule has 0 aliphatic heterocycles.